The fourth-order valence-electron chi connectivity index (χ4n) is 2.27. The minimum absolute atomic E-state index is 0.225. The first kappa shape index (κ1) is 14.5. The van der Waals surface area contributed by atoms with E-state index in [9.17, 15) is 0 Å². The van der Waals surface area contributed by atoms with Crippen molar-refractivity contribution in [3.63, 3.8) is 0 Å². The number of morpholine rings is 1. The van der Waals surface area contributed by atoms with Crippen LogP contribution in [0.25, 0.3) is 0 Å². The first-order chi connectivity index (χ1) is 9.61. The van der Waals surface area contributed by atoms with Crippen molar-refractivity contribution < 1.29 is 4.74 Å². The fourth-order valence-corrected chi connectivity index (χ4v) is 2.27. The SMILES string of the molecule is C[C@H](CN(C)c1ncc(C#N)c(N)n1)N1CCOCC1. The Morgan fingerprint density at radius 1 is 1.55 bits per heavy atom. The van der Waals surface area contributed by atoms with Crippen molar-refractivity contribution in [1.29, 1.82) is 5.26 Å². The van der Waals surface area contributed by atoms with E-state index >= 15 is 0 Å². The molecule has 108 valence electrons. The Kier molecular flexibility index (Phi) is 4.71. The zero-order chi connectivity index (χ0) is 14.5. The molecule has 0 aliphatic carbocycles. The number of nitrogen functional groups attached to an aromatic ring is 1. The van der Waals surface area contributed by atoms with E-state index in [0.29, 0.717) is 17.6 Å². The van der Waals surface area contributed by atoms with Crippen LogP contribution < -0.4 is 10.6 Å². The van der Waals surface area contributed by atoms with Crippen molar-refractivity contribution in [2.24, 2.45) is 0 Å². The molecule has 0 unspecified atom stereocenters. The lowest BCUT2D eigenvalue weighted by molar-refractivity contribution is 0.0217. The van der Waals surface area contributed by atoms with E-state index < -0.39 is 0 Å². The lowest BCUT2D eigenvalue weighted by atomic mass is 10.2. The van der Waals surface area contributed by atoms with E-state index in [1.54, 1.807) is 0 Å². The van der Waals surface area contributed by atoms with Crippen LogP contribution in [0.5, 0.6) is 0 Å². The summed E-state index contributed by atoms with van der Waals surface area (Å²) in [6, 6.07) is 2.34. The van der Waals surface area contributed by atoms with Gasteiger partial charge in [-0.2, -0.15) is 10.2 Å². The molecule has 0 saturated carbocycles. The summed E-state index contributed by atoms with van der Waals surface area (Å²) < 4.78 is 5.35. The van der Waals surface area contributed by atoms with Gasteiger partial charge in [0, 0.05) is 32.7 Å². The highest BCUT2D eigenvalue weighted by Gasteiger charge is 2.19. The zero-order valence-corrected chi connectivity index (χ0v) is 11.9. The summed E-state index contributed by atoms with van der Waals surface area (Å²) in [7, 11) is 1.93. The van der Waals surface area contributed by atoms with Crippen LogP contribution in [0.4, 0.5) is 11.8 Å². The standard InChI is InChI=1S/C13H20N6O/c1-10(19-3-5-20-6-4-19)9-18(2)13-16-8-11(7-14)12(15)17-13/h8,10H,3-6,9H2,1-2H3,(H2,15,16,17)/t10-/m1/s1. The predicted octanol–water partition coefficient (Wildman–Crippen LogP) is 0.0874. The number of nitrogens with zero attached hydrogens (tertiary/aromatic N) is 5. The van der Waals surface area contributed by atoms with Gasteiger partial charge in [-0.1, -0.05) is 0 Å². The van der Waals surface area contributed by atoms with E-state index in [2.05, 4.69) is 21.8 Å². The van der Waals surface area contributed by atoms with Crippen LogP contribution in [-0.2, 0) is 4.74 Å². The summed E-state index contributed by atoms with van der Waals surface area (Å²) >= 11 is 0. The third-order valence-corrected chi connectivity index (χ3v) is 3.47. The van der Waals surface area contributed by atoms with E-state index in [1.165, 1.54) is 6.20 Å². The molecule has 0 radical (unpaired) electrons. The van der Waals surface area contributed by atoms with Gasteiger partial charge < -0.3 is 15.4 Å². The van der Waals surface area contributed by atoms with Crippen LogP contribution in [0.2, 0.25) is 0 Å². The quantitative estimate of drug-likeness (QED) is 0.833. The molecular weight excluding hydrogens is 256 g/mol. The van der Waals surface area contributed by atoms with Gasteiger partial charge >= 0.3 is 0 Å². The molecule has 1 aliphatic heterocycles. The normalized spacial score (nSPS) is 17.4. The van der Waals surface area contributed by atoms with Crippen LogP contribution in [0, 0.1) is 11.3 Å². The summed E-state index contributed by atoms with van der Waals surface area (Å²) in [4.78, 5) is 12.7. The number of aromatic nitrogens is 2. The van der Waals surface area contributed by atoms with Gasteiger partial charge in [-0.05, 0) is 6.92 Å². The summed E-state index contributed by atoms with van der Waals surface area (Å²) in [5.41, 5.74) is 6.02. The average Bonchev–Trinajstić information content (AvgIpc) is 2.48. The number of hydrogen-bond acceptors (Lipinski definition) is 7. The largest absolute Gasteiger partial charge is 0.382 e. The molecule has 1 saturated heterocycles. The van der Waals surface area contributed by atoms with E-state index in [1.807, 2.05) is 18.0 Å². The van der Waals surface area contributed by atoms with E-state index in [4.69, 9.17) is 15.7 Å². The van der Waals surface area contributed by atoms with Gasteiger partial charge in [0.05, 0.1) is 19.4 Å². The maximum atomic E-state index is 8.82. The molecule has 1 atom stereocenters. The lowest BCUT2D eigenvalue weighted by Crippen LogP contribution is -2.47. The summed E-state index contributed by atoms with van der Waals surface area (Å²) in [6.45, 7) is 6.44. The molecule has 0 bridgehead atoms. The molecule has 1 aromatic heterocycles. The third-order valence-electron chi connectivity index (χ3n) is 3.47. The molecular formula is C13H20N6O. The number of hydrogen-bond donors (Lipinski definition) is 1. The van der Waals surface area contributed by atoms with Crippen LogP contribution >= 0.6 is 0 Å². The Morgan fingerprint density at radius 3 is 2.85 bits per heavy atom. The molecule has 0 aromatic carbocycles. The van der Waals surface area contributed by atoms with Gasteiger partial charge in [0.2, 0.25) is 5.95 Å². The fraction of sp³-hybridized carbons (Fsp3) is 0.615. The van der Waals surface area contributed by atoms with Gasteiger partial charge in [0.15, 0.2) is 0 Å². The van der Waals surface area contributed by atoms with Gasteiger partial charge in [0.25, 0.3) is 0 Å². The topological polar surface area (TPSA) is 91.3 Å². The molecule has 1 aliphatic rings. The molecule has 2 heterocycles. The summed E-state index contributed by atoms with van der Waals surface area (Å²) in [5, 5.41) is 8.82. The van der Waals surface area contributed by atoms with Crippen molar-refractivity contribution >= 4 is 11.8 Å². The van der Waals surface area contributed by atoms with Crippen molar-refractivity contribution in [3.8, 4) is 6.07 Å². The van der Waals surface area contributed by atoms with Crippen molar-refractivity contribution in [2.75, 3.05) is 50.5 Å². The number of nitriles is 1. The number of ether oxygens (including phenoxy) is 1. The number of rotatable bonds is 4. The first-order valence-corrected chi connectivity index (χ1v) is 6.67. The highest BCUT2D eigenvalue weighted by molar-refractivity contribution is 5.50. The molecule has 0 spiro atoms. The Morgan fingerprint density at radius 2 is 2.25 bits per heavy atom. The summed E-state index contributed by atoms with van der Waals surface area (Å²) in [6.07, 6.45) is 1.47. The number of anilines is 2. The Hall–Kier alpha value is -1.91. The summed E-state index contributed by atoms with van der Waals surface area (Å²) in [5.74, 6) is 0.769. The third kappa shape index (κ3) is 3.35. The van der Waals surface area contributed by atoms with Crippen LogP contribution in [0.15, 0.2) is 6.20 Å². The molecule has 2 N–H and O–H groups in total. The second-order valence-electron chi connectivity index (χ2n) is 4.96. The van der Waals surface area contributed by atoms with Crippen molar-refractivity contribution in [1.82, 2.24) is 14.9 Å². The van der Waals surface area contributed by atoms with E-state index in [-0.39, 0.29) is 5.82 Å². The van der Waals surface area contributed by atoms with Crippen molar-refractivity contribution in [2.45, 2.75) is 13.0 Å². The molecule has 7 heteroatoms. The minimum atomic E-state index is 0.225. The minimum Gasteiger partial charge on any atom is -0.382 e. The smallest absolute Gasteiger partial charge is 0.227 e. The van der Waals surface area contributed by atoms with Gasteiger partial charge in [-0.25, -0.2) is 4.98 Å². The van der Waals surface area contributed by atoms with Crippen LogP contribution in [-0.4, -0.2) is 60.8 Å². The zero-order valence-electron chi connectivity index (χ0n) is 11.9. The highest BCUT2D eigenvalue weighted by Crippen LogP contribution is 2.13. The second kappa shape index (κ2) is 6.50. The van der Waals surface area contributed by atoms with Crippen LogP contribution in [0.3, 0.4) is 0 Å². The molecule has 7 nitrogen and oxygen atoms in total. The molecule has 2 rings (SSSR count). The van der Waals surface area contributed by atoms with Gasteiger partial charge in [-0.15, -0.1) is 0 Å². The van der Waals surface area contributed by atoms with Gasteiger partial charge in [0.1, 0.15) is 17.5 Å². The highest BCUT2D eigenvalue weighted by atomic mass is 16.5. The monoisotopic (exact) mass is 276 g/mol. The molecule has 1 fully saturated rings. The second-order valence-corrected chi connectivity index (χ2v) is 4.96. The lowest BCUT2D eigenvalue weighted by Gasteiger charge is -2.34. The molecule has 1 aromatic rings. The van der Waals surface area contributed by atoms with Crippen molar-refractivity contribution in [3.05, 3.63) is 11.8 Å². The number of nitrogens with two attached hydrogens (primary N) is 1. The Balaban J connectivity index is 1.98. The van der Waals surface area contributed by atoms with Crippen LogP contribution in [0.1, 0.15) is 12.5 Å². The first-order valence-electron chi connectivity index (χ1n) is 6.67. The molecule has 0 amide bonds. The Bertz CT molecular complexity index is 494. The maximum absolute atomic E-state index is 8.82. The Labute approximate surface area is 119 Å². The number of likely N-dealkylation sites (N-methyl/N-ethyl adjacent to an activating group) is 1. The average molecular weight is 276 g/mol. The maximum Gasteiger partial charge on any atom is 0.227 e. The predicted molar refractivity (Wildman–Crippen MR) is 76.3 cm³/mol. The van der Waals surface area contributed by atoms with Gasteiger partial charge in [-0.3, -0.25) is 4.90 Å². The molecule has 20 heavy (non-hydrogen) atoms. The van der Waals surface area contributed by atoms with E-state index in [0.717, 1.165) is 32.8 Å².